The van der Waals surface area contributed by atoms with Gasteiger partial charge in [0.25, 0.3) is 0 Å². The Morgan fingerprint density at radius 1 is 0.727 bits per heavy atom. The topological polar surface area (TPSA) is 29.9 Å². The summed E-state index contributed by atoms with van der Waals surface area (Å²) in [6, 6.07) is 25.0. The van der Waals surface area contributed by atoms with Gasteiger partial charge in [0.1, 0.15) is 5.82 Å². The summed E-state index contributed by atoms with van der Waals surface area (Å²) in [5.41, 5.74) is 6.57. The summed E-state index contributed by atoms with van der Waals surface area (Å²) in [5, 5.41) is 3.54. The molecule has 0 saturated carbocycles. The molecule has 0 unspecified atom stereocenters. The van der Waals surface area contributed by atoms with Crippen LogP contribution in [0.2, 0.25) is 0 Å². The number of benzene rings is 3. The largest absolute Gasteiger partial charge is 0.353 e. The molecule has 3 heteroatoms. The fourth-order valence-corrected chi connectivity index (χ4v) is 3.16. The molecular weight excluding hydrogens is 270 g/mol. The van der Waals surface area contributed by atoms with Gasteiger partial charge in [0.05, 0.1) is 22.4 Å². The fourth-order valence-electron chi connectivity index (χ4n) is 3.16. The standard InChI is InChI=1S/C19H13N3/c1-2-8-14-13(7-1)19-21-16-10-4-6-12-18(16)22(19)17-11-5-3-9-15(17)20-14/h1-12,20H. The minimum atomic E-state index is 0.981. The summed E-state index contributed by atoms with van der Waals surface area (Å²) < 4.78 is 2.24. The maximum atomic E-state index is 4.88. The molecule has 1 aromatic heterocycles. The number of anilines is 2. The van der Waals surface area contributed by atoms with Crippen molar-refractivity contribution in [2.45, 2.75) is 0 Å². The molecule has 3 aromatic carbocycles. The summed E-state index contributed by atoms with van der Waals surface area (Å²) in [6.07, 6.45) is 0. The Bertz CT molecular complexity index is 1010. The monoisotopic (exact) mass is 283 g/mol. The number of rotatable bonds is 0. The third kappa shape index (κ3) is 1.48. The number of para-hydroxylation sites is 5. The summed E-state index contributed by atoms with van der Waals surface area (Å²) >= 11 is 0. The van der Waals surface area contributed by atoms with Gasteiger partial charge < -0.3 is 5.32 Å². The van der Waals surface area contributed by atoms with E-state index in [0.717, 1.165) is 39.5 Å². The second kappa shape index (κ2) is 4.21. The third-order valence-corrected chi connectivity index (χ3v) is 4.14. The number of aromatic nitrogens is 2. The highest BCUT2D eigenvalue weighted by molar-refractivity contribution is 5.91. The van der Waals surface area contributed by atoms with Crippen LogP contribution < -0.4 is 5.32 Å². The van der Waals surface area contributed by atoms with E-state index in [9.17, 15) is 0 Å². The van der Waals surface area contributed by atoms with E-state index < -0.39 is 0 Å². The summed E-state index contributed by atoms with van der Waals surface area (Å²) in [6.45, 7) is 0. The highest BCUT2D eigenvalue weighted by atomic mass is 15.1. The highest BCUT2D eigenvalue weighted by Gasteiger charge is 2.21. The van der Waals surface area contributed by atoms with Gasteiger partial charge in [-0.15, -0.1) is 0 Å². The van der Waals surface area contributed by atoms with E-state index >= 15 is 0 Å². The van der Waals surface area contributed by atoms with Gasteiger partial charge in [0, 0.05) is 11.3 Å². The van der Waals surface area contributed by atoms with E-state index in [1.54, 1.807) is 0 Å². The van der Waals surface area contributed by atoms with Crippen molar-refractivity contribution in [2.75, 3.05) is 5.32 Å². The lowest BCUT2D eigenvalue weighted by atomic mass is 10.1. The maximum absolute atomic E-state index is 4.88. The van der Waals surface area contributed by atoms with Crippen molar-refractivity contribution in [3.63, 3.8) is 0 Å². The molecule has 2 heterocycles. The minimum Gasteiger partial charge on any atom is -0.353 e. The van der Waals surface area contributed by atoms with Crippen LogP contribution in [0.15, 0.2) is 72.8 Å². The smallest absolute Gasteiger partial charge is 0.147 e. The van der Waals surface area contributed by atoms with Gasteiger partial charge in [-0.3, -0.25) is 4.57 Å². The number of hydrogen-bond acceptors (Lipinski definition) is 2. The molecule has 22 heavy (non-hydrogen) atoms. The summed E-state index contributed by atoms with van der Waals surface area (Å²) in [4.78, 5) is 4.88. The Balaban J connectivity index is 2.00. The molecule has 0 amide bonds. The lowest BCUT2D eigenvalue weighted by molar-refractivity contribution is 1.11. The SMILES string of the molecule is c1ccc2c(c1)Nc1ccccc1-n1c-2nc2ccccc21. The van der Waals surface area contributed by atoms with Crippen LogP contribution >= 0.6 is 0 Å². The molecule has 0 saturated heterocycles. The average molecular weight is 283 g/mol. The van der Waals surface area contributed by atoms with Crippen molar-refractivity contribution in [1.29, 1.82) is 0 Å². The van der Waals surface area contributed by atoms with E-state index in [4.69, 9.17) is 4.98 Å². The molecule has 0 fully saturated rings. The van der Waals surface area contributed by atoms with Crippen molar-refractivity contribution in [3.05, 3.63) is 72.8 Å². The predicted molar refractivity (Wildman–Crippen MR) is 89.8 cm³/mol. The number of hydrogen-bond donors (Lipinski definition) is 1. The quantitative estimate of drug-likeness (QED) is 0.444. The van der Waals surface area contributed by atoms with E-state index in [-0.39, 0.29) is 0 Å². The normalized spacial score (nSPS) is 12.0. The molecule has 0 atom stereocenters. The predicted octanol–water partition coefficient (Wildman–Crippen LogP) is 4.75. The Labute approximate surface area is 127 Å². The van der Waals surface area contributed by atoms with Gasteiger partial charge >= 0.3 is 0 Å². The van der Waals surface area contributed by atoms with E-state index in [1.807, 2.05) is 12.1 Å². The number of nitrogens with zero attached hydrogens (tertiary/aromatic N) is 2. The molecule has 1 aliphatic heterocycles. The second-order valence-electron chi connectivity index (χ2n) is 5.45. The van der Waals surface area contributed by atoms with Crippen molar-refractivity contribution in [3.8, 4) is 17.1 Å². The number of nitrogens with one attached hydrogen (secondary N) is 1. The number of imidazole rings is 1. The van der Waals surface area contributed by atoms with Crippen LogP contribution in [0.3, 0.4) is 0 Å². The molecule has 0 bridgehead atoms. The summed E-state index contributed by atoms with van der Waals surface area (Å²) in [5.74, 6) is 0.981. The molecule has 0 radical (unpaired) electrons. The lowest BCUT2D eigenvalue weighted by Crippen LogP contribution is -1.97. The van der Waals surface area contributed by atoms with Gasteiger partial charge in [0.15, 0.2) is 0 Å². The Morgan fingerprint density at radius 3 is 2.41 bits per heavy atom. The first-order chi connectivity index (χ1) is 10.9. The zero-order valence-electron chi connectivity index (χ0n) is 11.8. The van der Waals surface area contributed by atoms with Crippen molar-refractivity contribution >= 4 is 22.4 Å². The first-order valence-electron chi connectivity index (χ1n) is 7.35. The van der Waals surface area contributed by atoms with Crippen LogP contribution in [0.4, 0.5) is 11.4 Å². The molecule has 4 aromatic rings. The zero-order valence-corrected chi connectivity index (χ0v) is 11.8. The first kappa shape index (κ1) is 11.6. The van der Waals surface area contributed by atoms with Crippen molar-refractivity contribution in [1.82, 2.24) is 9.55 Å². The maximum Gasteiger partial charge on any atom is 0.147 e. The van der Waals surface area contributed by atoms with Crippen LogP contribution in [-0.2, 0) is 0 Å². The van der Waals surface area contributed by atoms with Crippen LogP contribution in [0.5, 0.6) is 0 Å². The van der Waals surface area contributed by atoms with Gasteiger partial charge in [0.2, 0.25) is 0 Å². The fraction of sp³-hybridized carbons (Fsp3) is 0. The summed E-state index contributed by atoms with van der Waals surface area (Å²) in [7, 11) is 0. The molecule has 1 N–H and O–H groups in total. The molecule has 5 rings (SSSR count). The van der Waals surface area contributed by atoms with Gasteiger partial charge in [-0.1, -0.05) is 36.4 Å². The van der Waals surface area contributed by atoms with Crippen molar-refractivity contribution < 1.29 is 0 Å². The average Bonchev–Trinajstić information content (AvgIpc) is 2.89. The lowest BCUT2D eigenvalue weighted by Gasteiger charge is -2.10. The van der Waals surface area contributed by atoms with Crippen LogP contribution in [0.25, 0.3) is 28.1 Å². The molecule has 3 nitrogen and oxygen atoms in total. The van der Waals surface area contributed by atoms with Crippen molar-refractivity contribution in [2.24, 2.45) is 0 Å². The zero-order chi connectivity index (χ0) is 14.5. The first-order valence-corrected chi connectivity index (χ1v) is 7.35. The molecule has 104 valence electrons. The third-order valence-electron chi connectivity index (χ3n) is 4.14. The van der Waals surface area contributed by atoms with Gasteiger partial charge in [-0.25, -0.2) is 4.98 Å². The van der Waals surface area contributed by atoms with Gasteiger partial charge in [-0.05, 0) is 36.4 Å². The van der Waals surface area contributed by atoms with Gasteiger partial charge in [-0.2, -0.15) is 0 Å². The number of fused-ring (bicyclic) bond motifs is 7. The Morgan fingerprint density at radius 2 is 1.45 bits per heavy atom. The van der Waals surface area contributed by atoms with E-state index in [1.165, 1.54) is 0 Å². The highest BCUT2D eigenvalue weighted by Crippen LogP contribution is 2.39. The Kier molecular flexibility index (Phi) is 2.22. The molecular formula is C19H13N3. The molecule has 0 spiro atoms. The van der Waals surface area contributed by atoms with E-state index in [2.05, 4.69) is 70.5 Å². The van der Waals surface area contributed by atoms with Crippen LogP contribution in [0, 0.1) is 0 Å². The molecule has 0 aliphatic carbocycles. The van der Waals surface area contributed by atoms with E-state index in [0.29, 0.717) is 0 Å². The Hall–Kier alpha value is -3.07. The minimum absolute atomic E-state index is 0.981. The molecule has 1 aliphatic rings. The van der Waals surface area contributed by atoms with Crippen LogP contribution in [-0.4, -0.2) is 9.55 Å². The second-order valence-corrected chi connectivity index (χ2v) is 5.45. The van der Waals surface area contributed by atoms with Crippen LogP contribution in [0.1, 0.15) is 0 Å².